The lowest BCUT2D eigenvalue weighted by atomic mass is 10.0. The van der Waals surface area contributed by atoms with Gasteiger partial charge in [0.25, 0.3) is 5.69 Å². The van der Waals surface area contributed by atoms with E-state index in [0.29, 0.717) is 11.3 Å². The standard InChI is InChI=1S/C33H56N2O7Si2/c1-14-39-32(36)16-15-29-33(42-44(24(8)9,25(10)11)26(12)13)31(41-43(21(2)3,22(4)5)23(6)7)19-30(40-29)27-17-18-34-20-28(27)35(37)38/h15-26,29,31,33H,14H2,1-13H3/t29-,31-,33-/m1/s1. The van der Waals surface area contributed by atoms with Gasteiger partial charge < -0.3 is 18.3 Å². The molecule has 1 aliphatic rings. The average Bonchev–Trinajstić information content (AvgIpc) is 2.92. The van der Waals surface area contributed by atoms with Crippen molar-refractivity contribution >= 4 is 34.1 Å². The van der Waals surface area contributed by atoms with Gasteiger partial charge in [0.15, 0.2) is 0 Å². The molecule has 0 unspecified atom stereocenters. The minimum absolute atomic E-state index is 0.166. The number of nitrogens with zero attached hydrogens (tertiary/aromatic N) is 2. The zero-order valence-corrected chi connectivity index (χ0v) is 31.1. The van der Waals surface area contributed by atoms with Crippen molar-refractivity contribution in [3.8, 4) is 0 Å². The highest BCUT2D eigenvalue weighted by Gasteiger charge is 2.53. The van der Waals surface area contributed by atoms with Gasteiger partial charge >= 0.3 is 5.97 Å². The van der Waals surface area contributed by atoms with E-state index < -0.39 is 45.8 Å². The highest BCUT2D eigenvalue weighted by Crippen LogP contribution is 2.48. The summed E-state index contributed by atoms with van der Waals surface area (Å²) in [6.07, 6.45) is 5.71. The fraction of sp³-hybridized carbons (Fsp3) is 0.697. The Kier molecular flexibility index (Phi) is 13.6. The number of nitro groups is 1. The summed E-state index contributed by atoms with van der Waals surface area (Å²) < 4.78 is 26.7. The highest BCUT2D eigenvalue weighted by molar-refractivity contribution is 6.78. The summed E-state index contributed by atoms with van der Waals surface area (Å²) in [5, 5.41) is 12.1. The SMILES string of the molecule is CCOC(=O)C=C[C@H]1OC(c2ccncc2[N+](=O)[O-])=C[C@@H](O[Si](C(C)C)(C(C)C)C(C)C)[C@@H]1O[Si](C(C)C)(C(C)C)C(C)C. The fourth-order valence-electron chi connectivity index (χ4n) is 7.61. The van der Waals surface area contributed by atoms with Gasteiger partial charge in [-0.05, 0) is 58.4 Å². The molecule has 0 N–H and O–H groups in total. The fourth-order valence-corrected chi connectivity index (χ4v) is 18.7. The molecule has 3 atom stereocenters. The molecule has 0 aromatic carbocycles. The summed E-state index contributed by atoms with van der Waals surface area (Å²) in [6, 6.07) is 1.59. The highest BCUT2D eigenvalue weighted by atomic mass is 28.4. The summed E-state index contributed by atoms with van der Waals surface area (Å²) in [7, 11) is -4.99. The molecular formula is C33H56N2O7Si2. The van der Waals surface area contributed by atoms with Gasteiger partial charge in [0.1, 0.15) is 24.2 Å². The Hall–Kier alpha value is -2.35. The first kappa shape index (κ1) is 37.8. The third-order valence-corrected chi connectivity index (χ3v) is 21.5. The smallest absolute Gasteiger partial charge is 0.330 e. The average molecular weight is 649 g/mol. The second kappa shape index (κ2) is 15.8. The summed E-state index contributed by atoms with van der Waals surface area (Å²) in [5.74, 6) is -0.179. The number of carbonyl (C=O) groups excluding carboxylic acids is 1. The number of ether oxygens (including phenoxy) is 2. The number of hydrogen-bond donors (Lipinski definition) is 0. The number of pyridine rings is 1. The van der Waals surface area contributed by atoms with Gasteiger partial charge in [-0.15, -0.1) is 0 Å². The Morgan fingerprint density at radius 3 is 1.89 bits per heavy atom. The van der Waals surface area contributed by atoms with Crippen LogP contribution in [-0.2, 0) is 23.1 Å². The summed E-state index contributed by atoms with van der Waals surface area (Å²) >= 11 is 0. The van der Waals surface area contributed by atoms with Crippen molar-refractivity contribution in [1.82, 2.24) is 4.98 Å². The zero-order valence-electron chi connectivity index (χ0n) is 29.1. The molecule has 248 valence electrons. The largest absolute Gasteiger partial charge is 0.483 e. The minimum Gasteiger partial charge on any atom is -0.483 e. The van der Waals surface area contributed by atoms with E-state index in [1.165, 1.54) is 18.5 Å². The molecular weight excluding hydrogens is 593 g/mol. The molecule has 1 aliphatic heterocycles. The van der Waals surface area contributed by atoms with Crippen molar-refractivity contribution in [3.63, 3.8) is 0 Å². The normalized spacial score (nSPS) is 19.9. The van der Waals surface area contributed by atoms with E-state index in [2.05, 4.69) is 88.1 Å². The molecule has 0 radical (unpaired) electrons. The van der Waals surface area contributed by atoms with Gasteiger partial charge in [-0.3, -0.25) is 15.1 Å². The topological polar surface area (TPSA) is 110 Å². The molecule has 0 fully saturated rings. The zero-order chi connectivity index (χ0) is 33.6. The van der Waals surface area contributed by atoms with Crippen LogP contribution in [0.1, 0.15) is 95.6 Å². The van der Waals surface area contributed by atoms with E-state index in [9.17, 15) is 14.9 Å². The predicted octanol–water partition coefficient (Wildman–Crippen LogP) is 8.97. The number of esters is 1. The van der Waals surface area contributed by atoms with Crippen LogP contribution in [0, 0.1) is 10.1 Å². The molecule has 1 aromatic heterocycles. The van der Waals surface area contributed by atoms with Crippen LogP contribution in [0.25, 0.3) is 5.76 Å². The summed E-state index contributed by atoms with van der Waals surface area (Å²) in [6.45, 7) is 28.7. The first-order valence-corrected chi connectivity index (χ1v) is 20.4. The Bertz CT molecular complexity index is 1140. The van der Waals surface area contributed by atoms with E-state index in [1.807, 2.05) is 6.08 Å². The molecule has 44 heavy (non-hydrogen) atoms. The maximum absolute atomic E-state index is 12.5. The lowest BCUT2D eigenvalue weighted by Gasteiger charge is -2.51. The second-order valence-electron chi connectivity index (χ2n) is 13.7. The van der Waals surface area contributed by atoms with Gasteiger partial charge in [0.05, 0.1) is 23.2 Å². The van der Waals surface area contributed by atoms with Gasteiger partial charge in [-0.25, -0.2) is 4.79 Å². The van der Waals surface area contributed by atoms with Crippen LogP contribution >= 0.6 is 0 Å². The maximum Gasteiger partial charge on any atom is 0.330 e. The number of hydrogen-bond acceptors (Lipinski definition) is 8. The van der Waals surface area contributed by atoms with Crippen molar-refractivity contribution in [2.75, 3.05) is 6.61 Å². The van der Waals surface area contributed by atoms with Crippen LogP contribution in [0.5, 0.6) is 0 Å². The molecule has 0 amide bonds. The van der Waals surface area contributed by atoms with Crippen LogP contribution in [-0.4, -0.2) is 57.4 Å². The third-order valence-electron chi connectivity index (χ3n) is 9.29. The molecule has 9 nitrogen and oxygen atoms in total. The summed E-state index contributed by atoms with van der Waals surface area (Å²) in [4.78, 5) is 28.1. The van der Waals surface area contributed by atoms with Crippen molar-refractivity contribution in [3.05, 3.63) is 52.4 Å². The number of aromatic nitrogens is 1. The van der Waals surface area contributed by atoms with Gasteiger partial charge in [0.2, 0.25) is 16.6 Å². The van der Waals surface area contributed by atoms with E-state index >= 15 is 0 Å². The van der Waals surface area contributed by atoms with Gasteiger partial charge in [-0.2, -0.15) is 0 Å². The second-order valence-corrected chi connectivity index (χ2v) is 24.5. The Morgan fingerprint density at radius 2 is 1.43 bits per heavy atom. The first-order valence-electron chi connectivity index (χ1n) is 16.1. The lowest BCUT2D eigenvalue weighted by molar-refractivity contribution is -0.385. The Labute approximate surface area is 267 Å². The quantitative estimate of drug-likeness (QED) is 0.0609. The predicted molar refractivity (Wildman–Crippen MR) is 181 cm³/mol. The van der Waals surface area contributed by atoms with Crippen molar-refractivity contribution in [2.45, 2.75) is 142 Å². The number of rotatable bonds is 15. The first-order chi connectivity index (χ1) is 20.5. The van der Waals surface area contributed by atoms with Crippen LogP contribution in [0.3, 0.4) is 0 Å². The number of carbonyl (C=O) groups is 1. The van der Waals surface area contributed by atoms with Crippen LogP contribution < -0.4 is 0 Å². The van der Waals surface area contributed by atoms with Crippen molar-refractivity contribution in [1.29, 1.82) is 0 Å². The van der Waals surface area contributed by atoms with Crippen LogP contribution in [0.2, 0.25) is 33.2 Å². The molecule has 0 saturated carbocycles. The molecule has 0 spiro atoms. The third kappa shape index (κ3) is 7.89. The lowest BCUT2D eigenvalue weighted by Crippen LogP contribution is -2.59. The Morgan fingerprint density at radius 1 is 0.932 bits per heavy atom. The Balaban J connectivity index is 2.95. The van der Waals surface area contributed by atoms with Crippen molar-refractivity contribution < 1.29 is 28.0 Å². The van der Waals surface area contributed by atoms with Gasteiger partial charge in [-0.1, -0.05) is 83.1 Å². The molecule has 2 rings (SSSR count). The molecule has 0 bridgehead atoms. The maximum atomic E-state index is 12.5. The van der Waals surface area contributed by atoms with E-state index in [1.54, 1.807) is 19.1 Å². The van der Waals surface area contributed by atoms with E-state index in [0.717, 1.165) is 0 Å². The van der Waals surface area contributed by atoms with Crippen molar-refractivity contribution in [2.24, 2.45) is 0 Å². The summed E-state index contributed by atoms with van der Waals surface area (Å²) in [5.41, 5.74) is 1.85. The molecule has 11 heteroatoms. The van der Waals surface area contributed by atoms with Crippen LogP contribution in [0.15, 0.2) is 36.7 Å². The molecule has 2 heterocycles. The van der Waals surface area contributed by atoms with E-state index in [4.69, 9.17) is 18.3 Å². The molecule has 1 aromatic rings. The van der Waals surface area contributed by atoms with Gasteiger partial charge in [0, 0.05) is 12.3 Å². The monoisotopic (exact) mass is 648 g/mol. The molecule has 0 aliphatic carbocycles. The van der Waals surface area contributed by atoms with E-state index in [-0.39, 0.29) is 45.5 Å². The minimum atomic E-state index is -2.50. The van der Waals surface area contributed by atoms with Crippen LogP contribution in [0.4, 0.5) is 5.69 Å². The molecule has 0 saturated heterocycles.